The van der Waals surface area contributed by atoms with Gasteiger partial charge in [0.1, 0.15) is 11.5 Å². The molecule has 3 aromatic rings. The fourth-order valence-corrected chi connectivity index (χ4v) is 3.09. The highest BCUT2D eigenvalue weighted by Crippen LogP contribution is 2.18. The maximum Gasteiger partial charge on any atom is 0.269 e. The van der Waals surface area contributed by atoms with Crippen LogP contribution in [-0.2, 0) is 7.05 Å². The van der Waals surface area contributed by atoms with E-state index in [1.165, 1.54) is 0 Å². The summed E-state index contributed by atoms with van der Waals surface area (Å²) in [5, 5.41) is 11.3. The summed E-state index contributed by atoms with van der Waals surface area (Å²) in [6.07, 6.45) is 7.10. The number of nitrogens with zero attached hydrogens (tertiary/aromatic N) is 6. The molecule has 4 heterocycles. The molecule has 0 bridgehead atoms. The summed E-state index contributed by atoms with van der Waals surface area (Å²) < 4.78 is 3.35. The van der Waals surface area contributed by atoms with Gasteiger partial charge < -0.3 is 10.2 Å². The number of aryl methyl sites for hydroxylation is 1. The lowest BCUT2D eigenvalue weighted by molar-refractivity contribution is 0.0921. The van der Waals surface area contributed by atoms with Crippen molar-refractivity contribution in [1.82, 2.24) is 29.7 Å². The molecule has 3 aromatic heterocycles. The molecule has 0 radical (unpaired) electrons. The number of carbonyl (C=O) groups is 1. The van der Waals surface area contributed by atoms with Crippen LogP contribution in [0.3, 0.4) is 0 Å². The third-order valence-electron chi connectivity index (χ3n) is 4.45. The lowest BCUT2D eigenvalue weighted by atomic mass is 10.0. The maximum absolute atomic E-state index is 12.3. The minimum absolute atomic E-state index is 0.0627. The van der Waals surface area contributed by atoms with E-state index < -0.39 is 0 Å². The van der Waals surface area contributed by atoms with E-state index in [-0.39, 0.29) is 11.9 Å². The van der Waals surface area contributed by atoms with Crippen LogP contribution in [0.4, 0.5) is 5.82 Å². The summed E-state index contributed by atoms with van der Waals surface area (Å²) in [5.74, 6) is 0.895. The van der Waals surface area contributed by atoms with Crippen LogP contribution in [0.1, 0.15) is 23.3 Å². The monoisotopic (exact) mass is 325 g/mol. The number of piperidine rings is 1. The van der Waals surface area contributed by atoms with Gasteiger partial charge in [-0.15, -0.1) is 0 Å². The van der Waals surface area contributed by atoms with Gasteiger partial charge in [0.2, 0.25) is 0 Å². The van der Waals surface area contributed by atoms with Gasteiger partial charge in [-0.05, 0) is 25.0 Å². The van der Waals surface area contributed by atoms with Crippen molar-refractivity contribution in [2.75, 3.05) is 18.0 Å². The Morgan fingerprint density at radius 1 is 1.17 bits per heavy atom. The van der Waals surface area contributed by atoms with Gasteiger partial charge in [-0.1, -0.05) is 0 Å². The maximum atomic E-state index is 12.3. The number of nitrogens with one attached hydrogen (secondary N) is 1. The van der Waals surface area contributed by atoms with E-state index in [9.17, 15) is 4.79 Å². The molecule has 4 rings (SSSR count). The number of aromatic nitrogens is 5. The molecule has 8 nitrogen and oxygen atoms in total. The van der Waals surface area contributed by atoms with E-state index >= 15 is 0 Å². The largest absolute Gasteiger partial charge is 0.356 e. The van der Waals surface area contributed by atoms with Crippen molar-refractivity contribution in [2.45, 2.75) is 18.9 Å². The van der Waals surface area contributed by atoms with Crippen molar-refractivity contribution in [1.29, 1.82) is 0 Å². The van der Waals surface area contributed by atoms with E-state index in [1.54, 1.807) is 34.7 Å². The lowest BCUT2D eigenvalue weighted by Crippen LogP contribution is -2.45. The fraction of sp³-hybridized carbons (Fsp3) is 0.375. The minimum Gasteiger partial charge on any atom is -0.356 e. The molecule has 8 heteroatoms. The molecular weight excluding hydrogens is 306 g/mol. The second-order valence-electron chi connectivity index (χ2n) is 5.99. The summed E-state index contributed by atoms with van der Waals surface area (Å²) in [4.78, 5) is 19.1. The second kappa shape index (κ2) is 5.95. The fourth-order valence-electron chi connectivity index (χ4n) is 3.09. The number of fused-ring (bicyclic) bond motifs is 1. The standard InChI is InChI=1S/C16H19N7O/c1-21-13(2-7-17-21)16(24)19-12-4-9-22(10-5-12)14-6-11-23-15(20-14)3-8-18-23/h2-3,6-8,11-12H,4-5,9-10H2,1H3,(H,19,24). The summed E-state index contributed by atoms with van der Waals surface area (Å²) in [7, 11) is 1.77. The van der Waals surface area contributed by atoms with Gasteiger partial charge in [-0.3, -0.25) is 9.48 Å². The summed E-state index contributed by atoms with van der Waals surface area (Å²) >= 11 is 0. The number of anilines is 1. The Bertz CT molecular complexity index is 860. The van der Waals surface area contributed by atoms with Crippen LogP contribution >= 0.6 is 0 Å². The third-order valence-corrected chi connectivity index (χ3v) is 4.45. The zero-order valence-corrected chi connectivity index (χ0v) is 13.5. The molecule has 24 heavy (non-hydrogen) atoms. The van der Waals surface area contributed by atoms with E-state index in [4.69, 9.17) is 0 Å². The molecule has 1 fully saturated rings. The van der Waals surface area contributed by atoms with Crippen LogP contribution in [0, 0.1) is 0 Å². The topological polar surface area (TPSA) is 80.4 Å². The molecule has 0 saturated carbocycles. The minimum atomic E-state index is -0.0627. The average molecular weight is 325 g/mol. The van der Waals surface area contributed by atoms with Gasteiger partial charge in [-0.25, -0.2) is 9.50 Å². The van der Waals surface area contributed by atoms with E-state index in [0.29, 0.717) is 5.69 Å². The van der Waals surface area contributed by atoms with Crippen molar-refractivity contribution < 1.29 is 4.79 Å². The average Bonchev–Trinajstić information content (AvgIpc) is 3.23. The number of hydrogen-bond acceptors (Lipinski definition) is 5. The first-order valence-corrected chi connectivity index (χ1v) is 8.05. The molecule has 0 spiro atoms. The number of carbonyl (C=O) groups excluding carboxylic acids is 1. The predicted octanol–water partition coefficient (Wildman–Crippen LogP) is 0.862. The number of hydrogen-bond donors (Lipinski definition) is 1. The molecule has 0 aromatic carbocycles. The highest BCUT2D eigenvalue weighted by Gasteiger charge is 2.23. The predicted molar refractivity (Wildman–Crippen MR) is 88.9 cm³/mol. The van der Waals surface area contributed by atoms with Crippen LogP contribution in [-0.4, -0.2) is 49.4 Å². The third kappa shape index (κ3) is 2.70. The normalized spacial score (nSPS) is 15.8. The first-order valence-electron chi connectivity index (χ1n) is 8.05. The van der Waals surface area contributed by atoms with Gasteiger partial charge in [-0.2, -0.15) is 10.2 Å². The van der Waals surface area contributed by atoms with Crippen molar-refractivity contribution in [3.8, 4) is 0 Å². The molecule has 1 amide bonds. The van der Waals surface area contributed by atoms with Crippen LogP contribution in [0.5, 0.6) is 0 Å². The molecule has 1 aliphatic heterocycles. The second-order valence-corrected chi connectivity index (χ2v) is 5.99. The number of rotatable bonds is 3. The van der Waals surface area contributed by atoms with Gasteiger partial charge in [0, 0.05) is 44.6 Å². The Labute approximate surface area is 139 Å². The van der Waals surface area contributed by atoms with E-state index in [2.05, 4.69) is 25.4 Å². The molecular formula is C16H19N7O. The first kappa shape index (κ1) is 14.7. The molecule has 124 valence electrons. The molecule has 1 saturated heterocycles. The van der Waals surface area contributed by atoms with Crippen molar-refractivity contribution in [3.63, 3.8) is 0 Å². The van der Waals surface area contributed by atoms with Gasteiger partial charge >= 0.3 is 0 Å². The molecule has 1 aliphatic rings. The van der Waals surface area contributed by atoms with Gasteiger partial charge in [0.05, 0.1) is 6.20 Å². The van der Waals surface area contributed by atoms with Crippen LogP contribution in [0.2, 0.25) is 0 Å². The zero-order valence-electron chi connectivity index (χ0n) is 13.5. The van der Waals surface area contributed by atoms with E-state index in [1.807, 2.05) is 18.3 Å². The summed E-state index contributed by atoms with van der Waals surface area (Å²) in [6, 6.07) is 5.79. The summed E-state index contributed by atoms with van der Waals surface area (Å²) in [5.41, 5.74) is 1.43. The highest BCUT2D eigenvalue weighted by atomic mass is 16.2. The van der Waals surface area contributed by atoms with Gasteiger partial charge in [0.25, 0.3) is 5.91 Å². The molecule has 0 atom stereocenters. The van der Waals surface area contributed by atoms with Crippen molar-refractivity contribution in [2.24, 2.45) is 7.05 Å². The molecule has 0 aliphatic carbocycles. The van der Waals surface area contributed by atoms with Crippen molar-refractivity contribution >= 4 is 17.4 Å². The van der Waals surface area contributed by atoms with Crippen LogP contribution in [0.25, 0.3) is 5.65 Å². The number of amides is 1. The smallest absolute Gasteiger partial charge is 0.269 e. The SMILES string of the molecule is Cn1nccc1C(=O)NC1CCN(c2ccn3nccc3n2)CC1. The quantitative estimate of drug-likeness (QED) is 0.772. The Kier molecular flexibility index (Phi) is 3.64. The van der Waals surface area contributed by atoms with Gasteiger partial charge in [0.15, 0.2) is 5.65 Å². The zero-order chi connectivity index (χ0) is 16.5. The lowest BCUT2D eigenvalue weighted by Gasteiger charge is -2.33. The summed E-state index contributed by atoms with van der Waals surface area (Å²) in [6.45, 7) is 1.74. The van der Waals surface area contributed by atoms with E-state index in [0.717, 1.165) is 37.4 Å². The van der Waals surface area contributed by atoms with Crippen LogP contribution < -0.4 is 10.2 Å². The van der Waals surface area contributed by atoms with Crippen molar-refractivity contribution in [3.05, 3.63) is 42.5 Å². The Morgan fingerprint density at radius 2 is 1.96 bits per heavy atom. The Hall–Kier alpha value is -2.90. The molecule has 1 N–H and O–H groups in total. The first-order chi connectivity index (χ1) is 11.7. The van der Waals surface area contributed by atoms with Crippen LogP contribution in [0.15, 0.2) is 36.8 Å². The Balaban J connectivity index is 1.38. The highest BCUT2D eigenvalue weighted by molar-refractivity contribution is 5.92. The molecule has 0 unspecified atom stereocenters. The Morgan fingerprint density at radius 3 is 2.71 bits per heavy atom.